The van der Waals surface area contributed by atoms with Gasteiger partial charge >= 0.3 is 6.18 Å². The minimum absolute atomic E-state index is 0.107. The van der Waals surface area contributed by atoms with Crippen LogP contribution in [0.25, 0.3) is 0 Å². The molecule has 2 rings (SSSR count). The molecule has 10 heteroatoms. The van der Waals surface area contributed by atoms with E-state index in [1.54, 1.807) is 26.8 Å². The van der Waals surface area contributed by atoms with E-state index >= 15 is 0 Å². The Bertz CT molecular complexity index is 899. The van der Waals surface area contributed by atoms with E-state index < -0.39 is 18.2 Å². The van der Waals surface area contributed by atoms with Crippen molar-refractivity contribution in [2.75, 3.05) is 5.32 Å². The van der Waals surface area contributed by atoms with Crippen LogP contribution in [0.5, 0.6) is 5.88 Å². The first kappa shape index (κ1) is 23.1. The van der Waals surface area contributed by atoms with Gasteiger partial charge in [-0.3, -0.25) is 9.59 Å². The maximum Gasteiger partial charge on any atom is 0.425 e. The van der Waals surface area contributed by atoms with Crippen LogP contribution in [0.15, 0.2) is 30.5 Å². The monoisotopic (exact) mass is 424 g/mol. The Morgan fingerprint density at radius 1 is 1.17 bits per heavy atom. The Hall–Kier alpha value is -3.17. The predicted octanol–water partition coefficient (Wildman–Crippen LogP) is 3.64. The van der Waals surface area contributed by atoms with Crippen LogP contribution >= 0.6 is 0 Å². The summed E-state index contributed by atoms with van der Waals surface area (Å²) in [6.45, 7) is 6.19. The maximum atomic E-state index is 12.5. The van der Waals surface area contributed by atoms with Crippen molar-refractivity contribution < 1.29 is 27.5 Å². The molecule has 2 amide bonds. The molecule has 0 spiro atoms. The maximum absolute atomic E-state index is 12.5. The second-order valence-electron chi connectivity index (χ2n) is 7.02. The Labute approximate surface area is 172 Å². The molecule has 0 aliphatic carbocycles. The van der Waals surface area contributed by atoms with Gasteiger partial charge in [0.25, 0.3) is 5.91 Å². The summed E-state index contributed by atoms with van der Waals surface area (Å²) in [4.78, 5) is 32.3. The van der Waals surface area contributed by atoms with Crippen molar-refractivity contribution in [2.24, 2.45) is 5.92 Å². The second kappa shape index (κ2) is 9.55. The van der Waals surface area contributed by atoms with Gasteiger partial charge < -0.3 is 15.4 Å². The standard InChI is InChI=1S/C20H23F3N4O3/c1-11(2)18(28)27-16-8-15(7-12(3)26-16)19(29)25-10-14-5-6-17(24-9-14)30-13(4)20(21,22)23/h5-9,11,13H,10H2,1-4H3,(H,25,29)(H,26,27,28)/t13-/m1/s1. The van der Waals surface area contributed by atoms with Crippen molar-refractivity contribution in [2.45, 2.75) is 46.5 Å². The summed E-state index contributed by atoms with van der Waals surface area (Å²) in [5.41, 5.74) is 1.45. The average Bonchev–Trinajstić information content (AvgIpc) is 2.65. The number of aryl methyl sites for hydroxylation is 1. The van der Waals surface area contributed by atoms with Crippen LogP contribution in [-0.4, -0.2) is 34.1 Å². The van der Waals surface area contributed by atoms with Gasteiger partial charge in [-0.2, -0.15) is 13.2 Å². The first-order valence-electron chi connectivity index (χ1n) is 9.21. The molecule has 0 aliphatic heterocycles. The number of halogens is 3. The highest BCUT2D eigenvalue weighted by molar-refractivity contribution is 5.97. The lowest BCUT2D eigenvalue weighted by Crippen LogP contribution is -2.31. The molecule has 2 N–H and O–H groups in total. The average molecular weight is 424 g/mol. The van der Waals surface area contributed by atoms with Gasteiger partial charge in [0.05, 0.1) is 0 Å². The van der Waals surface area contributed by atoms with Gasteiger partial charge in [0.1, 0.15) is 5.82 Å². The Kier molecular flexibility index (Phi) is 7.36. The molecule has 2 aromatic rings. The van der Waals surface area contributed by atoms with Gasteiger partial charge in [0.15, 0.2) is 6.10 Å². The molecular formula is C20H23F3N4O3. The van der Waals surface area contributed by atoms with Crippen molar-refractivity contribution in [3.05, 3.63) is 47.3 Å². The van der Waals surface area contributed by atoms with E-state index in [0.717, 1.165) is 6.92 Å². The third kappa shape index (κ3) is 6.71. The van der Waals surface area contributed by atoms with E-state index in [4.69, 9.17) is 4.74 Å². The summed E-state index contributed by atoms with van der Waals surface area (Å²) in [6.07, 6.45) is -5.13. The summed E-state index contributed by atoms with van der Waals surface area (Å²) in [7, 11) is 0. The van der Waals surface area contributed by atoms with Crippen LogP contribution in [0.2, 0.25) is 0 Å². The molecule has 0 saturated carbocycles. The van der Waals surface area contributed by atoms with Gasteiger partial charge in [0.2, 0.25) is 11.8 Å². The molecule has 0 radical (unpaired) electrons. The van der Waals surface area contributed by atoms with Crippen molar-refractivity contribution in [1.82, 2.24) is 15.3 Å². The van der Waals surface area contributed by atoms with E-state index in [2.05, 4.69) is 20.6 Å². The quantitative estimate of drug-likeness (QED) is 0.708. The normalized spacial score (nSPS) is 12.4. The molecule has 2 heterocycles. The zero-order chi connectivity index (χ0) is 22.5. The number of hydrogen-bond acceptors (Lipinski definition) is 5. The van der Waals surface area contributed by atoms with Crippen LogP contribution in [0.1, 0.15) is 42.4 Å². The molecule has 0 fully saturated rings. The number of carbonyl (C=O) groups is 2. The first-order valence-corrected chi connectivity index (χ1v) is 9.21. The Morgan fingerprint density at radius 3 is 2.43 bits per heavy atom. The van der Waals surface area contributed by atoms with Crippen LogP contribution in [0.4, 0.5) is 19.0 Å². The van der Waals surface area contributed by atoms with E-state index in [-0.39, 0.29) is 30.1 Å². The number of nitrogens with one attached hydrogen (secondary N) is 2. The fraction of sp³-hybridized carbons (Fsp3) is 0.400. The summed E-state index contributed by atoms with van der Waals surface area (Å²) >= 11 is 0. The van der Waals surface area contributed by atoms with E-state index in [1.165, 1.54) is 24.4 Å². The van der Waals surface area contributed by atoms with Gasteiger partial charge in [-0.1, -0.05) is 19.9 Å². The van der Waals surface area contributed by atoms with Gasteiger partial charge in [-0.15, -0.1) is 0 Å². The van der Waals surface area contributed by atoms with Crippen molar-refractivity contribution in [3.8, 4) is 5.88 Å². The lowest BCUT2D eigenvalue weighted by atomic mass is 10.2. The number of anilines is 1. The van der Waals surface area contributed by atoms with Crippen molar-refractivity contribution in [3.63, 3.8) is 0 Å². The molecule has 0 aliphatic rings. The number of hydrogen-bond donors (Lipinski definition) is 2. The largest absolute Gasteiger partial charge is 0.465 e. The van der Waals surface area contributed by atoms with Gasteiger partial charge in [-0.25, -0.2) is 9.97 Å². The lowest BCUT2D eigenvalue weighted by Gasteiger charge is -2.16. The first-order chi connectivity index (χ1) is 14.0. The highest BCUT2D eigenvalue weighted by Gasteiger charge is 2.38. The molecule has 7 nitrogen and oxygen atoms in total. The number of ether oxygens (including phenoxy) is 1. The number of aromatic nitrogens is 2. The molecular weight excluding hydrogens is 401 g/mol. The fourth-order valence-corrected chi connectivity index (χ4v) is 2.25. The Balaban J connectivity index is 1.98. The molecule has 0 bridgehead atoms. The number of nitrogens with zero attached hydrogens (tertiary/aromatic N) is 2. The van der Waals surface area contributed by atoms with Crippen molar-refractivity contribution >= 4 is 17.6 Å². The molecule has 162 valence electrons. The summed E-state index contributed by atoms with van der Waals surface area (Å²) < 4.78 is 42.3. The zero-order valence-corrected chi connectivity index (χ0v) is 17.0. The lowest BCUT2D eigenvalue weighted by molar-refractivity contribution is -0.189. The second-order valence-corrected chi connectivity index (χ2v) is 7.02. The molecule has 0 unspecified atom stereocenters. The third-order valence-corrected chi connectivity index (χ3v) is 4.00. The molecule has 2 aromatic heterocycles. The SMILES string of the molecule is Cc1cc(C(=O)NCc2ccc(O[C@H](C)C(F)(F)F)nc2)cc(NC(=O)C(C)C)n1. The summed E-state index contributed by atoms with van der Waals surface area (Å²) in [5.74, 6) is -0.728. The molecule has 1 atom stereocenters. The molecule has 0 saturated heterocycles. The van der Waals surface area contributed by atoms with Gasteiger partial charge in [-0.05, 0) is 31.5 Å². The number of rotatable bonds is 7. The van der Waals surface area contributed by atoms with Crippen molar-refractivity contribution in [1.29, 1.82) is 0 Å². The number of alkyl halides is 3. The third-order valence-electron chi connectivity index (χ3n) is 4.00. The van der Waals surface area contributed by atoms with Gasteiger partial charge in [0, 0.05) is 36.0 Å². The minimum Gasteiger partial charge on any atom is -0.465 e. The zero-order valence-electron chi connectivity index (χ0n) is 17.0. The van der Waals surface area contributed by atoms with Crippen LogP contribution < -0.4 is 15.4 Å². The summed E-state index contributed by atoms with van der Waals surface area (Å²) in [5, 5.41) is 5.34. The van der Waals surface area contributed by atoms with Crippen LogP contribution in [0, 0.1) is 12.8 Å². The highest BCUT2D eigenvalue weighted by atomic mass is 19.4. The fourth-order valence-electron chi connectivity index (χ4n) is 2.25. The smallest absolute Gasteiger partial charge is 0.425 e. The van der Waals surface area contributed by atoms with Crippen LogP contribution in [-0.2, 0) is 11.3 Å². The minimum atomic E-state index is -4.48. The predicted molar refractivity (Wildman–Crippen MR) is 104 cm³/mol. The van der Waals surface area contributed by atoms with E-state index in [9.17, 15) is 22.8 Å². The number of pyridine rings is 2. The summed E-state index contributed by atoms with van der Waals surface area (Å²) in [6, 6.07) is 5.86. The van der Waals surface area contributed by atoms with E-state index in [1.807, 2.05) is 0 Å². The number of amides is 2. The number of carbonyl (C=O) groups excluding carboxylic acids is 2. The molecule has 30 heavy (non-hydrogen) atoms. The highest BCUT2D eigenvalue weighted by Crippen LogP contribution is 2.23. The van der Waals surface area contributed by atoms with E-state index in [0.29, 0.717) is 16.8 Å². The molecule has 0 aromatic carbocycles. The Morgan fingerprint density at radius 2 is 1.87 bits per heavy atom. The van der Waals surface area contributed by atoms with Crippen LogP contribution in [0.3, 0.4) is 0 Å². The topological polar surface area (TPSA) is 93.2 Å².